The minimum atomic E-state index is -0.0905. The van der Waals surface area contributed by atoms with Gasteiger partial charge in [-0.1, -0.05) is 54.6 Å². The van der Waals surface area contributed by atoms with Crippen LogP contribution in [0.2, 0.25) is 0 Å². The van der Waals surface area contributed by atoms with E-state index in [1.165, 1.54) is 0 Å². The molecule has 1 aliphatic rings. The molecule has 0 heterocycles. The van der Waals surface area contributed by atoms with Crippen molar-refractivity contribution in [3.8, 4) is 5.75 Å². The number of allylic oxidation sites excluding steroid dienone is 5. The molecular weight excluding hydrogens is 314 g/mol. The van der Waals surface area contributed by atoms with Crippen LogP contribution in [0.25, 0.3) is 0 Å². The number of nitrogens with zero attached hydrogens (tertiary/aromatic N) is 1. The van der Waals surface area contributed by atoms with Crippen molar-refractivity contribution in [3.63, 3.8) is 0 Å². The van der Waals surface area contributed by atoms with Gasteiger partial charge in [0.05, 0.1) is 7.11 Å². The van der Waals surface area contributed by atoms with E-state index < -0.39 is 0 Å². The van der Waals surface area contributed by atoms with Gasteiger partial charge in [-0.25, -0.2) is 0 Å². The molecular formula is C21H21NOS. The quantitative estimate of drug-likeness (QED) is 0.570. The van der Waals surface area contributed by atoms with Gasteiger partial charge in [0.2, 0.25) is 0 Å². The minimum absolute atomic E-state index is 0.0905. The lowest BCUT2D eigenvalue weighted by Gasteiger charge is -2.32. The number of methoxy groups -OCH3 is 1. The van der Waals surface area contributed by atoms with E-state index in [1.807, 2.05) is 18.2 Å². The lowest BCUT2D eigenvalue weighted by Crippen LogP contribution is -2.24. The first kappa shape index (κ1) is 16.5. The van der Waals surface area contributed by atoms with Gasteiger partial charge in [-0.05, 0) is 42.3 Å². The van der Waals surface area contributed by atoms with E-state index in [2.05, 4.69) is 71.7 Å². The first-order valence-corrected chi connectivity index (χ1v) is 8.51. The number of para-hydroxylation sites is 1. The summed E-state index contributed by atoms with van der Waals surface area (Å²) in [6.45, 7) is 0. The Labute approximate surface area is 149 Å². The zero-order valence-corrected chi connectivity index (χ0v) is 14.6. The molecule has 0 saturated carbocycles. The molecule has 1 unspecified atom stereocenters. The topological polar surface area (TPSA) is 12.5 Å². The van der Waals surface area contributed by atoms with Crippen molar-refractivity contribution in [1.29, 1.82) is 0 Å². The Balaban J connectivity index is 1.98. The van der Waals surface area contributed by atoms with Gasteiger partial charge in [-0.15, -0.1) is 12.6 Å². The highest BCUT2D eigenvalue weighted by Gasteiger charge is 2.20. The van der Waals surface area contributed by atoms with Crippen LogP contribution in [0.1, 0.15) is 17.4 Å². The van der Waals surface area contributed by atoms with Crippen LogP contribution in [0, 0.1) is 0 Å². The summed E-state index contributed by atoms with van der Waals surface area (Å²) in [7, 11) is 1.68. The van der Waals surface area contributed by atoms with Gasteiger partial charge in [-0.3, -0.25) is 0 Å². The average molecular weight is 335 g/mol. The Morgan fingerprint density at radius 3 is 2.46 bits per heavy atom. The van der Waals surface area contributed by atoms with Gasteiger partial charge in [0.15, 0.2) is 0 Å². The number of rotatable bonds is 5. The molecule has 0 spiro atoms. The second kappa shape index (κ2) is 7.93. The van der Waals surface area contributed by atoms with Crippen LogP contribution in [-0.2, 0) is 0 Å². The van der Waals surface area contributed by atoms with Gasteiger partial charge in [-0.2, -0.15) is 0 Å². The molecule has 0 radical (unpaired) electrons. The molecule has 0 aliphatic heterocycles. The Kier molecular flexibility index (Phi) is 5.44. The lowest BCUT2D eigenvalue weighted by atomic mass is 10.1. The van der Waals surface area contributed by atoms with E-state index in [0.717, 1.165) is 29.1 Å². The molecule has 0 aromatic heterocycles. The predicted molar refractivity (Wildman–Crippen MR) is 105 cm³/mol. The van der Waals surface area contributed by atoms with Crippen LogP contribution in [0.15, 0.2) is 90.7 Å². The fourth-order valence-corrected chi connectivity index (χ4v) is 3.13. The predicted octanol–water partition coefficient (Wildman–Crippen LogP) is 5.53. The van der Waals surface area contributed by atoms with Crippen LogP contribution in [0.5, 0.6) is 5.75 Å². The highest BCUT2D eigenvalue weighted by atomic mass is 32.1. The maximum atomic E-state index is 5.26. The molecule has 2 nitrogen and oxygen atoms in total. The second-order valence-corrected chi connectivity index (χ2v) is 5.99. The van der Waals surface area contributed by atoms with E-state index in [4.69, 9.17) is 17.4 Å². The van der Waals surface area contributed by atoms with Crippen molar-refractivity contribution >= 4 is 18.3 Å². The summed E-state index contributed by atoms with van der Waals surface area (Å²) in [5, 5.41) is -0.0905. The summed E-state index contributed by atoms with van der Waals surface area (Å²) in [5.74, 6) is 0.850. The standard InChI is InChI=1S/C21H21NOS/c1-23-20-15-13-17(14-16-20)21(24)22(19-11-7-4-8-12-19)18-9-5-2-3-6-10-18/h2-5,7-16,21,24H,6H2,1H3. The first-order valence-electron chi connectivity index (χ1n) is 7.99. The van der Waals surface area contributed by atoms with E-state index in [9.17, 15) is 0 Å². The Morgan fingerprint density at radius 1 is 1.00 bits per heavy atom. The number of anilines is 1. The normalized spacial score (nSPS) is 14.7. The van der Waals surface area contributed by atoms with Crippen LogP contribution in [0.3, 0.4) is 0 Å². The van der Waals surface area contributed by atoms with Crippen molar-refractivity contribution in [2.75, 3.05) is 12.0 Å². The maximum absolute atomic E-state index is 5.26. The number of benzene rings is 2. The third-order valence-corrected chi connectivity index (χ3v) is 4.48. The Morgan fingerprint density at radius 2 is 1.75 bits per heavy atom. The minimum Gasteiger partial charge on any atom is -0.497 e. The monoisotopic (exact) mass is 335 g/mol. The zero-order chi connectivity index (χ0) is 16.8. The SMILES string of the molecule is COc1ccc(C(S)N(C2=CCC=CC=C2)c2ccccc2)cc1. The third-order valence-electron chi connectivity index (χ3n) is 3.95. The van der Waals surface area contributed by atoms with Crippen LogP contribution in [-0.4, -0.2) is 7.11 Å². The third kappa shape index (κ3) is 3.74. The molecule has 0 bridgehead atoms. The van der Waals surface area contributed by atoms with E-state index in [1.54, 1.807) is 7.11 Å². The van der Waals surface area contributed by atoms with Crippen molar-refractivity contribution in [2.45, 2.75) is 11.8 Å². The second-order valence-electron chi connectivity index (χ2n) is 5.50. The number of thiol groups is 1. The summed E-state index contributed by atoms with van der Waals surface area (Å²) in [4.78, 5) is 2.24. The van der Waals surface area contributed by atoms with Crippen molar-refractivity contribution < 1.29 is 4.74 Å². The molecule has 0 amide bonds. The largest absolute Gasteiger partial charge is 0.497 e. The fourth-order valence-electron chi connectivity index (χ4n) is 2.69. The number of ether oxygens (including phenoxy) is 1. The fraction of sp³-hybridized carbons (Fsp3) is 0.143. The van der Waals surface area contributed by atoms with E-state index in [0.29, 0.717) is 0 Å². The summed E-state index contributed by atoms with van der Waals surface area (Å²) in [6.07, 6.45) is 11.6. The summed E-state index contributed by atoms with van der Waals surface area (Å²) in [6, 6.07) is 18.4. The average Bonchev–Trinajstić information content (AvgIpc) is 2.92. The van der Waals surface area contributed by atoms with Crippen LogP contribution < -0.4 is 9.64 Å². The van der Waals surface area contributed by atoms with Gasteiger partial charge in [0.1, 0.15) is 11.1 Å². The first-order chi connectivity index (χ1) is 11.8. The van der Waals surface area contributed by atoms with Crippen LogP contribution in [0.4, 0.5) is 5.69 Å². The Hall–Kier alpha value is -2.39. The molecule has 2 aromatic carbocycles. The maximum Gasteiger partial charge on any atom is 0.118 e. The van der Waals surface area contributed by atoms with Crippen molar-refractivity contribution in [3.05, 3.63) is 96.2 Å². The van der Waals surface area contributed by atoms with Crippen LogP contribution >= 0.6 is 12.6 Å². The van der Waals surface area contributed by atoms with Gasteiger partial charge in [0, 0.05) is 11.4 Å². The van der Waals surface area contributed by atoms with Crippen molar-refractivity contribution in [2.24, 2.45) is 0 Å². The number of hydrogen-bond donors (Lipinski definition) is 1. The highest BCUT2D eigenvalue weighted by Crippen LogP contribution is 2.35. The molecule has 2 aromatic rings. The van der Waals surface area contributed by atoms with Crippen molar-refractivity contribution in [1.82, 2.24) is 0 Å². The van der Waals surface area contributed by atoms with E-state index >= 15 is 0 Å². The Bertz CT molecular complexity index is 747. The van der Waals surface area contributed by atoms with Gasteiger partial charge < -0.3 is 9.64 Å². The molecule has 1 aliphatic carbocycles. The van der Waals surface area contributed by atoms with E-state index in [-0.39, 0.29) is 5.37 Å². The molecule has 0 saturated heterocycles. The van der Waals surface area contributed by atoms with Gasteiger partial charge in [0.25, 0.3) is 0 Å². The summed E-state index contributed by atoms with van der Waals surface area (Å²) in [5.41, 5.74) is 3.38. The molecule has 122 valence electrons. The van der Waals surface area contributed by atoms with Gasteiger partial charge >= 0.3 is 0 Å². The molecule has 1 atom stereocenters. The lowest BCUT2D eigenvalue weighted by molar-refractivity contribution is 0.414. The smallest absolute Gasteiger partial charge is 0.118 e. The molecule has 0 fully saturated rings. The summed E-state index contributed by atoms with van der Waals surface area (Å²) < 4.78 is 5.26. The summed E-state index contributed by atoms with van der Waals surface area (Å²) >= 11 is 4.92. The molecule has 0 N–H and O–H groups in total. The molecule has 3 heteroatoms. The zero-order valence-electron chi connectivity index (χ0n) is 13.7. The molecule has 3 rings (SSSR count). The molecule has 24 heavy (non-hydrogen) atoms. The number of hydrogen-bond acceptors (Lipinski definition) is 3. The highest BCUT2D eigenvalue weighted by molar-refractivity contribution is 7.80.